The van der Waals surface area contributed by atoms with E-state index < -0.39 is 12.0 Å². The van der Waals surface area contributed by atoms with Gasteiger partial charge in [0.05, 0.1) is 12.8 Å². The minimum absolute atomic E-state index is 0.154. The van der Waals surface area contributed by atoms with E-state index >= 15 is 0 Å². The van der Waals surface area contributed by atoms with Crippen LogP contribution in [0.15, 0.2) is 54.6 Å². The number of nitrogens with one attached hydrogen (secondary N) is 1. The topological polar surface area (TPSA) is 69.6 Å². The van der Waals surface area contributed by atoms with Crippen molar-refractivity contribution in [2.24, 2.45) is 0 Å². The van der Waals surface area contributed by atoms with Crippen molar-refractivity contribution in [3.63, 3.8) is 0 Å². The quantitative estimate of drug-likeness (QED) is 0.359. The Labute approximate surface area is 213 Å². The van der Waals surface area contributed by atoms with Gasteiger partial charge < -0.3 is 19.4 Å². The Balaban J connectivity index is 1.63. The Hall–Kier alpha value is -3.54. The van der Waals surface area contributed by atoms with E-state index in [1.807, 2.05) is 18.2 Å². The summed E-state index contributed by atoms with van der Waals surface area (Å²) in [5.74, 6) is 0.767. The summed E-state index contributed by atoms with van der Waals surface area (Å²) in [5, 5.41) is 2.88. The van der Waals surface area contributed by atoms with Crippen LogP contribution in [-0.2, 0) is 27.4 Å². The lowest BCUT2D eigenvalue weighted by Crippen LogP contribution is -2.41. The van der Waals surface area contributed by atoms with Crippen LogP contribution in [0.1, 0.15) is 69.2 Å². The van der Waals surface area contributed by atoms with E-state index in [9.17, 15) is 9.59 Å². The molecule has 36 heavy (non-hydrogen) atoms. The van der Waals surface area contributed by atoms with Crippen molar-refractivity contribution in [3.05, 3.63) is 71.4 Å². The number of esters is 1. The maximum absolute atomic E-state index is 12.9. The van der Waals surface area contributed by atoms with Crippen LogP contribution in [0.5, 0.6) is 5.75 Å². The van der Waals surface area contributed by atoms with Crippen LogP contribution >= 0.6 is 0 Å². The van der Waals surface area contributed by atoms with Gasteiger partial charge in [0.2, 0.25) is 5.91 Å². The fourth-order valence-electron chi connectivity index (χ4n) is 4.76. The number of methoxy groups -OCH3 is 1. The first-order chi connectivity index (χ1) is 17.4. The van der Waals surface area contributed by atoms with Crippen LogP contribution < -0.4 is 10.1 Å². The molecule has 0 saturated heterocycles. The van der Waals surface area contributed by atoms with Gasteiger partial charge >= 0.3 is 5.97 Å². The Morgan fingerprint density at radius 1 is 1.11 bits per heavy atom. The summed E-state index contributed by atoms with van der Waals surface area (Å²) >= 11 is 0. The van der Waals surface area contributed by atoms with Gasteiger partial charge in [0.15, 0.2) is 0 Å². The maximum atomic E-state index is 12.9. The molecule has 1 atom stereocenters. The number of amides is 1. The van der Waals surface area contributed by atoms with E-state index in [1.54, 1.807) is 0 Å². The average molecular weight is 489 g/mol. The number of ether oxygens (including phenoxy) is 2. The third kappa shape index (κ3) is 5.48. The fraction of sp³-hybridized carbons (Fsp3) is 0.400. The highest BCUT2D eigenvalue weighted by Crippen LogP contribution is 2.41. The largest absolute Gasteiger partial charge is 0.488 e. The number of para-hydroxylation sites is 1. The number of fused-ring (bicyclic) bond motifs is 3. The molecule has 1 N–H and O–H groups in total. The number of carbonyl (C=O) groups is 2. The number of nitrogens with zero attached hydrogens (tertiary/aromatic N) is 1. The first kappa shape index (κ1) is 25.5. The first-order valence-corrected chi connectivity index (χ1v) is 12.9. The number of rotatable bonds is 10. The molecular weight excluding hydrogens is 452 g/mol. The highest BCUT2D eigenvalue weighted by atomic mass is 16.5. The minimum Gasteiger partial charge on any atom is -0.488 e. The molecule has 0 radical (unpaired) electrons. The summed E-state index contributed by atoms with van der Waals surface area (Å²) in [5.41, 5.74) is 6.64. The number of carbonyl (C=O) groups excluding carboxylic acids is 2. The summed E-state index contributed by atoms with van der Waals surface area (Å²) in [6, 6.07) is 18.3. The van der Waals surface area contributed by atoms with Gasteiger partial charge in [-0.15, -0.1) is 0 Å². The van der Waals surface area contributed by atoms with Crippen molar-refractivity contribution < 1.29 is 19.1 Å². The fourth-order valence-corrected chi connectivity index (χ4v) is 4.76. The molecule has 1 unspecified atom stereocenters. The lowest BCUT2D eigenvalue weighted by Gasteiger charge is -2.21. The molecule has 1 amide bonds. The van der Waals surface area contributed by atoms with E-state index in [1.165, 1.54) is 12.7 Å². The van der Waals surface area contributed by atoms with E-state index in [-0.39, 0.29) is 12.3 Å². The van der Waals surface area contributed by atoms with Crippen molar-refractivity contribution in [2.45, 2.75) is 71.4 Å². The first-order valence-electron chi connectivity index (χ1n) is 12.9. The second-order valence-corrected chi connectivity index (χ2v) is 9.66. The Kier molecular flexibility index (Phi) is 8.14. The van der Waals surface area contributed by atoms with Gasteiger partial charge in [0, 0.05) is 28.9 Å². The average Bonchev–Trinajstić information content (AvgIpc) is 3.28. The molecule has 6 heteroatoms. The lowest BCUT2D eigenvalue weighted by molar-refractivity contribution is -0.145. The number of unbranched alkanes of at least 4 members (excludes halogenated alkanes) is 1. The zero-order valence-corrected chi connectivity index (χ0v) is 21.7. The number of benzene rings is 2. The zero-order chi connectivity index (χ0) is 25.7. The lowest BCUT2D eigenvalue weighted by atomic mass is 10.0. The maximum Gasteiger partial charge on any atom is 0.328 e. The predicted molar refractivity (Wildman–Crippen MR) is 141 cm³/mol. The van der Waals surface area contributed by atoms with Crippen molar-refractivity contribution >= 4 is 11.9 Å². The molecule has 0 bridgehead atoms. The molecule has 1 aliphatic heterocycles. The van der Waals surface area contributed by atoms with Crippen LogP contribution in [0.25, 0.3) is 16.9 Å². The minimum atomic E-state index is -0.605. The van der Waals surface area contributed by atoms with Crippen molar-refractivity contribution in [1.29, 1.82) is 0 Å². The molecule has 0 aliphatic carbocycles. The van der Waals surface area contributed by atoms with Crippen LogP contribution in [-0.4, -0.2) is 29.6 Å². The third-order valence-electron chi connectivity index (χ3n) is 6.77. The van der Waals surface area contributed by atoms with Crippen LogP contribution in [0, 0.1) is 0 Å². The van der Waals surface area contributed by atoms with Gasteiger partial charge in [0.25, 0.3) is 0 Å². The van der Waals surface area contributed by atoms with E-state index in [0.717, 1.165) is 46.8 Å². The van der Waals surface area contributed by atoms with E-state index in [0.29, 0.717) is 25.4 Å². The van der Waals surface area contributed by atoms with Crippen LogP contribution in [0.2, 0.25) is 0 Å². The summed E-state index contributed by atoms with van der Waals surface area (Å²) in [4.78, 5) is 25.0. The van der Waals surface area contributed by atoms with Crippen LogP contribution in [0.3, 0.4) is 0 Å². The van der Waals surface area contributed by atoms with Crippen molar-refractivity contribution in [2.75, 3.05) is 7.11 Å². The molecule has 0 saturated carbocycles. The molecule has 3 aromatic rings. The molecule has 0 fully saturated rings. The third-order valence-corrected chi connectivity index (χ3v) is 6.77. The second kappa shape index (κ2) is 11.5. The predicted octanol–water partition coefficient (Wildman–Crippen LogP) is 5.94. The highest BCUT2D eigenvalue weighted by Gasteiger charge is 2.26. The smallest absolute Gasteiger partial charge is 0.328 e. The summed E-state index contributed by atoms with van der Waals surface area (Å²) in [6.07, 6.45) is 3.18. The molecule has 190 valence electrons. The standard InChI is InChI=1S/C30H36N2O4/c1-5-6-10-26(30(34)35-4)31-28(33)17-16-24-18-22-19-36-27-11-8-7-9-25(27)29(22)32(24)23-14-12-21(13-15-23)20(2)3/h7-9,11-15,18,20,26H,5-6,10,16-17,19H2,1-4H3,(H,31,33). The van der Waals surface area contributed by atoms with Gasteiger partial charge in [-0.05, 0) is 54.7 Å². The molecule has 6 nitrogen and oxygen atoms in total. The summed E-state index contributed by atoms with van der Waals surface area (Å²) < 4.78 is 13.2. The van der Waals surface area contributed by atoms with E-state index in [2.05, 4.69) is 67.1 Å². The van der Waals surface area contributed by atoms with Gasteiger partial charge in [-0.2, -0.15) is 0 Å². The molecule has 2 heterocycles. The second-order valence-electron chi connectivity index (χ2n) is 9.66. The Morgan fingerprint density at radius 2 is 1.86 bits per heavy atom. The molecule has 0 spiro atoms. The van der Waals surface area contributed by atoms with Gasteiger partial charge in [-0.25, -0.2) is 4.79 Å². The van der Waals surface area contributed by atoms with Gasteiger partial charge in [-0.1, -0.05) is 57.9 Å². The van der Waals surface area contributed by atoms with Crippen molar-refractivity contribution in [3.8, 4) is 22.7 Å². The summed E-state index contributed by atoms with van der Waals surface area (Å²) in [6.45, 7) is 6.92. The molecular formula is C30H36N2O4. The van der Waals surface area contributed by atoms with Gasteiger partial charge in [-0.3, -0.25) is 4.79 Å². The van der Waals surface area contributed by atoms with Crippen molar-refractivity contribution in [1.82, 2.24) is 9.88 Å². The molecule has 2 aromatic carbocycles. The number of hydrogen-bond acceptors (Lipinski definition) is 4. The van der Waals surface area contributed by atoms with E-state index in [4.69, 9.17) is 9.47 Å². The highest BCUT2D eigenvalue weighted by molar-refractivity contribution is 5.84. The summed E-state index contributed by atoms with van der Waals surface area (Å²) in [7, 11) is 1.36. The van der Waals surface area contributed by atoms with Crippen LogP contribution in [0.4, 0.5) is 0 Å². The molecule has 4 rings (SSSR count). The zero-order valence-electron chi connectivity index (χ0n) is 21.7. The monoisotopic (exact) mass is 488 g/mol. The normalized spacial score (nSPS) is 12.9. The number of hydrogen-bond donors (Lipinski definition) is 1. The Morgan fingerprint density at radius 3 is 2.56 bits per heavy atom. The molecule has 1 aliphatic rings. The SMILES string of the molecule is CCCCC(NC(=O)CCc1cc2c(n1-c1ccc(C(C)C)cc1)-c1ccccc1OC2)C(=O)OC. The number of aryl methyl sites for hydroxylation is 1. The Bertz CT molecular complexity index is 1210. The molecule has 1 aromatic heterocycles. The van der Waals surface area contributed by atoms with Gasteiger partial charge in [0.1, 0.15) is 18.4 Å². The number of aromatic nitrogens is 1.